The molecule has 1 saturated heterocycles. The highest BCUT2D eigenvalue weighted by Crippen LogP contribution is 2.26. The summed E-state index contributed by atoms with van der Waals surface area (Å²) in [5.41, 5.74) is 0.681. The van der Waals surface area contributed by atoms with Gasteiger partial charge in [-0.2, -0.15) is 0 Å². The van der Waals surface area contributed by atoms with E-state index in [1.165, 1.54) is 13.0 Å². The minimum Gasteiger partial charge on any atom is -0.372 e. The van der Waals surface area contributed by atoms with Gasteiger partial charge in [0, 0.05) is 18.8 Å². The molecule has 3 atom stereocenters. The average molecular weight is 386 g/mol. The molecule has 26 heavy (non-hydrogen) atoms. The predicted molar refractivity (Wildman–Crippen MR) is 101 cm³/mol. The summed E-state index contributed by atoms with van der Waals surface area (Å²) in [6.45, 7) is 8.13. The van der Waals surface area contributed by atoms with Crippen LogP contribution in [0.4, 0.5) is 15.8 Å². The van der Waals surface area contributed by atoms with E-state index in [1.807, 2.05) is 18.7 Å². The minimum atomic E-state index is -3.51. The number of benzene rings is 1. The molecule has 1 aliphatic rings. The molecule has 3 unspecified atom stereocenters. The van der Waals surface area contributed by atoms with E-state index in [0.29, 0.717) is 25.2 Å². The summed E-state index contributed by atoms with van der Waals surface area (Å²) in [5.74, 6) is -1.17. The van der Waals surface area contributed by atoms with E-state index in [1.54, 1.807) is 19.1 Å². The maximum atomic E-state index is 14.5. The van der Waals surface area contributed by atoms with Crippen molar-refractivity contribution >= 4 is 27.1 Å². The first kappa shape index (κ1) is 20.6. The molecule has 2 rings (SSSR count). The van der Waals surface area contributed by atoms with Gasteiger partial charge in [-0.25, -0.2) is 12.8 Å². The van der Waals surface area contributed by atoms with Crippen molar-refractivity contribution in [3.8, 4) is 0 Å². The normalized spacial score (nSPS) is 22.1. The largest absolute Gasteiger partial charge is 0.372 e. The highest BCUT2D eigenvalue weighted by molar-refractivity contribution is 7.92. The molecule has 1 heterocycles. The van der Waals surface area contributed by atoms with Gasteiger partial charge < -0.3 is 15.0 Å². The lowest BCUT2D eigenvalue weighted by atomic mass is 10.2. The molecular weight excluding hydrogens is 359 g/mol. The highest BCUT2D eigenvalue weighted by Gasteiger charge is 2.28. The Hall–Kier alpha value is -1.67. The van der Waals surface area contributed by atoms with Crippen molar-refractivity contribution in [3.63, 3.8) is 0 Å². The Morgan fingerprint density at radius 1 is 1.35 bits per heavy atom. The molecule has 1 aromatic carbocycles. The maximum absolute atomic E-state index is 14.5. The van der Waals surface area contributed by atoms with E-state index >= 15 is 0 Å². The number of nitrogens with zero attached hydrogens (tertiary/aromatic N) is 1. The second kappa shape index (κ2) is 8.35. The van der Waals surface area contributed by atoms with Gasteiger partial charge in [0.05, 0.1) is 23.6 Å². The predicted octanol–water partition coefficient (Wildman–Crippen LogP) is 2.59. The van der Waals surface area contributed by atoms with Gasteiger partial charge in [-0.05, 0) is 45.4 Å². The van der Waals surface area contributed by atoms with E-state index in [9.17, 15) is 17.6 Å². The first-order valence-corrected chi connectivity index (χ1v) is 10.6. The van der Waals surface area contributed by atoms with E-state index in [-0.39, 0.29) is 23.6 Å². The number of rotatable bonds is 6. The summed E-state index contributed by atoms with van der Waals surface area (Å²) in [6.07, 6.45) is 0.448. The quantitative estimate of drug-likeness (QED) is 0.813. The molecule has 0 bridgehead atoms. The number of amides is 1. The zero-order valence-corrected chi connectivity index (χ0v) is 16.5. The smallest absolute Gasteiger partial charge is 0.242 e. The molecule has 0 aliphatic carbocycles. The SMILES string of the molecule is CCCS(=O)(=O)C(C)C(=O)Nc1ccc(N2CC(C)OC(C)C2)c(F)c1. The number of sulfone groups is 1. The lowest BCUT2D eigenvalue weighted by Gasteiger charge is -2.37. The van der Waals surface area contributed by atoms with Crippen LogP contribution in [0.1, 0.15) is 34.1 Å². The summed E-state index contributed by atoms with van der Waals surface area (Å²) in [7, 11) is -3.51. The van der Waals surface area contributed by atoms with Gasteiger partial charge in [-0.3, -0.25) is 4.79 Å². The van der Waals surface area contributed by atoms with Gasteiger partial charge in [-0.15, -0.1) is 0 Å². The Bertz CT molecular complexity index is 744. The summed E-state index contributed by atoms with van der Waals surface area (Å²) >= 11 is 0. The Kier molecular flexibility index (Phi) is 6.63. The van der Waals surface area contributed by atoms with Crippen molar-refractivity contribution in [2.45, 2.75) is 51.6 Å². The summed E-state index contributed by atoms with van der Waals surface area (Å²) in [6, 6.07) is 4.40. The molecule has 1 aromatic rings. The minimum absolute atomic E-state index is 0.00199. The number of anilines is 2. The van der Waals surface area contributed by atoms with E-state index in [4.69, 9.17) is 4.74 Å². The number of carbonyl (C=O) groups excluding carboxylic acids is 1. The molecule has 1 aliphatic heterocycles. The molecule has 1 amide bonds. The fourth-order valence-corrected chi connectivity index (χ4v) is 4.39. The number of hydrogen-bond donors (Lipinski definition) is 1. The molecule has 1 fully saturated rings. The van der Waals surface area contributed by atoms with Crippen molar-refractivity contribution in [1.82, 2.24) is 0 Å². The molecule has 6 nitrogen and oxygen atoms in total. The molecule has 0 spiro atoms. The molecule has 0 saturated carbocycles. The summed E-state index contributed by atoms with van der Waals surface area (Å²) in [5, 5.41) is 1.32. The van der Waals surface area contributed by atoms with Gasteiger partial charge in [0.15, 0.2) is 9.84 Å². The topological polar surface area (TPSA) is 75.7 Å². The number of ether oxygens (including phenoxy) is 1. The van der Waals surface area contributed by atoms with Crippen LogP contribution in [0.5, 0.6) is 0 Å². The number of carbonyl (C=O) groups is 1. The lowest BCUT2D eigenvalue weighted by Crippen LogP contribution is -2.45. The van der Waals surface area contributed by atoms with Crippen molar-refractivity contribution in [2.75, 3.05) is 29.1 Å². The highest BCUT2D eigenvalue weighted by atomic mass is 32.2. The Labute approximate surface area is 154 Å². The fraction of sp³-hybridized carbons (Fsp3) is 0.611. The number of halogens is 1. The molecule has 8 heteroatoms. The third-order valence-electron chi connectivity index (χ3n) is 4.37. The van der Waals surface area contributed by atoms with E-state index in [0.717, 1.165) is 0 Å². The molecule has 146 valence electrons. The van der Waals surface area contributed by atoms with Crippen LogP contribution in [0.25, 0.3) is 0 Å². The number of hydrogen-bond acceptors (Lipinski definition) is 5. The number of nitrogens with one attached hydrogen (secondary N) is 1. The first-order valence-electron chi connectivity index (χ1n) is 8.86. The van der Waals surface area contributed by atoms with Crippen LogP contribution < -0.4 is 10.2 Å². The van der Waals surface area contributed by atoms with Crippen LogP contribution in [-0.4, -0.2) is 50.6 Å². The third kappa shape index (κ3) is 4.94. The fourth-order valence-electron chi connectivity index (χ4n) is 3.08. The van der Waals surface area contributed by atoms with Crippen LogP contribution in [0.2, 0.25) is 0 Å². The van der Waals surface area contributed by atoms with Gasteiger partial charge in [0.25, 0.3) is 0 Å². The summed E-state index contributed by atoms with van der Waals surface area (Å²) < 4.78 is 44.2. The van der Waals surface area contributed by atoms with Crippen molar-refractivity contribution < 1.29 is 22.3 Å². The number of morpholine rings is 1. The second-order valence-electron chi connectivity index (χ2n) is 6.83. The molecule has 0 aromatic heterocycles. The summed E-state index contributed by atoms with van der Waals surface area (Å²) in [4.78, 5) is 14.1. The van der Waals surface area contributed by atoms with Gasteiger partial charge in [0.2, 0.25) is 5.91 Å². The molecule has 1 N–H and O–H groups in total. The Balaban J connectivity index is 2.11. The Morgan fingerprint density at radius 2 is 1.96 bits per heavy atom. The zero-order chi connectivity index (χ0) is 19.5. The van der Waals surface area contributed by atoms with E-state index < -0.39 is 26.8 Å². The zero-order valence-electron chi connectivity index (χ0n) is 15.7. The third-order valence-corrected chi connectivity index (χ3v) is 6.64. The van der Waals surface area contributed by atoms with Gasteiger partial charge >= 0.3 is 0 Å². The van der Waals surface area contributed by atoms with Crippen LogP contribution >= 0.6 is 0 Å². The van der Waals surface area contributed by atoms with Crippen LogP contribution in [0.3, 0.4) is 0 Å². The standard InChI is InChI=1S/C18H27FN2O4S/c1-5-8-26(23,24)14(4)18(22)20-15-6-7-17(16(19)9-15)21-10-12(2)25-13(3)11-21/h6-7,9,12-14H,5,8,10-11H2,1-4H3,(H,20,22). The monoisotopic (exact) mass is 386 g/mol. The van der Waals surface area contributed by atoms with Crippen molar-refractivity contribution in [1.29, 1.82) is 0 Å². The Morgan fingerprint density at radius 3 is 2.50 bits per heavy atom. The van der Waals surface area contributed by atoms with Crippen molar-refractivity contribution in [3.05, 3.63) is 24.0 Å². The van der Waals surface area contributed by atoms with Crippen LogP contribution in [0, 0.1) is 5.82 Å². The maximum Gasteiger partial charge on any atom is 0.242 e. The van der Waals surface area contributed by atoms with E-state index in [2.05, 4.69) is 5.32 Å². The second-order valence-corrected chi connectivity index (χ2v) is 9.27. The molecular formula is C18H27FN2O4S. The van der Waals surface area contributed by atoms with Crippen LogP contribution in [0.15, 0.2) is 18.2 Å². The first-order chi connectivity index (χ1) is 12.1. The average Bonchev–Trinajstić information content (AvgIpc) is 2.53. The van der Waals surface area contributed by atoms with Gasteiger partial charge in [0.1, 0.15) is 11.1 Å². The van der Waals surface area contributed by atoms with Crippen molar-refractivity contribution in [2.24, 2.45) is 0 Å². The van der Waals surface area contributed by atoms with Crippen LogP contribution in [-0.2, 0) is 19.4 Å². The lowest BCUT2D eigenvalue weighted by molar-refractivity contribution is -0.115. The van der Waals surface area contributed by atoms with Gasteiger partial charge in [-0.1, -0.05) is 6.92 Å². The molecule has 0 radical (unpaired) electrons.